The number of carboxylic acid groups (broad SMARTS) is 1. The van der Waals surface area contributed by atoms with Crippen molar-refractivity contribution >= 4 is 23.5 Å². The first-order chi connectivity index (χ1) is 6.82. The van der Waals surface area contributed by atoms with Gasteiger partial charge < -0.3 is 5.11 Å². The zero-order valence-corrected chi connectivity index (χ0v) is 9.62. The Bertz CT molecular complexity index is 374. The monoisotopic (exact) mass is 228 g/mol. The van der Waals surface area contributed by atoms with Crippen molar-refractivity contribution in [2.45, 2.75) is 26.3 Å². The highest BCUT2D eigenvalue weighted by Crippen LogP contribution is 2.23. The molecular weight excluding hydrogens is 216 g/mol. The zero-order chi connectivity index (χ0) is 11.6. The molecule has 4 nitrogen and oxygen atoms in total. The van der Waals surface area contributed by atoms with Gasteiger partial charge in [0, 0.05) is 16.8 Å². The number of nitrogens with zero attached hydrogens (tertiary/aromatic N) is 2. The van der Waals surface area contributed by atoms with Crippen LogP contribution in [0.5, 0.6) is 0 Å². The van der Waals surface area contributed by atoms with Crippen LogP contribution < -0.4 is 4.90 Å². The summed E-state index contributed by atoms with van der Waals surface area (Å²) >= 11 is 5.78. The number of hydrogen-bond acceptors (Lipinski definition) is 2. The normalized spacial score (nSPS) is 11.2. The topological polar surface area (TPSA) is 53.4 Å². The van der Waals surface area contributed by atoms with Gasteiger partial charge in [-0.05, 0) is 32.9 Å². The Morgan fingerprint density at radius 2 is 2.13 bits per heavy atom. The Balaban J connectivity index is 3.16. The Kier molecular flexibility index (Phi) is 3.19. The number of pyridine rings is 1. The molecule has 0 atom stereocenters. The maximum absolute atomic E-state index is 11.1. The minimum absolute atomic E-state index is 0.336. The number of amides is 1. The molecule has 0 aliphatic heterocycles. The summed E-state index contributed by atoms with van der Waals surface area (Å²) in [6.07, 6.45) is 0.441. The van der Waals surface area contributed by atoms with E-state index in [0.717, 1.165) is 0 Å². The molecule has 0 unspecified atom stereocenters. The second-order valence-electron chi connectivity index (χ2n) is 4.12. The largest absolute Gasteiger partial charge is 0.465 e. The van der Waals surface area contributed by atoms with Gasteiger partial charge in [-0.15, -0.1) is 0 Å². The third-order valence-corrected chi connectivity index (χ3v) is 2.03. The van der Waals surface area contributed by atoms with Crippen LogP contribution in [0.1, 0.15) is 20.8 Å². The molecule has 1 amide bonds. The van der Waals surface area contributed by atoms with Crippen LogP contribution in [0.2, 0.25) is 5.02 Å². The molecule has 0 saturated carbocycles. The van der Waals surface area contributed by atoms with E-state index in [4.69, 9.17) is 16.7 Å². The van der Waals surface area contributed by atoms with Crippen LogP contribution in [0.15, 0.2) is 18.3 Å². The number of hydrogen-bond donors (Lipinski definition) is 1. The van der Waals surface area contributed by atoms with Gasteiger partial charge in [-0.25, -0.2) is 9.78 Å². The molecule has 82 valence electrons. The van der Waals surface area contributed by atoms with Crippen LogP contribution in [0.4, 0.5) is 10.6 Å². The van der Waals surface area contributed by atoms with Gasteiger partial charge in [0.1, 0.15) is 5.82 Å². The molecule has 0 bridgehead atoms. The highest BCUT2D eigenvalue weighted by Gasteiger charge is 2.28. The standard InChI is InChI=1S/C10H13ClN2O2/c1-10(2,3)13(9(14)15)8-6-7(11)4-5-12-8/h4-6H,1-3H3,(H,14,15). The third kappa shape index (κ3) is 2.83. The van der Waals surface area contributed by atoms with E-state index in [-0.39, 0.29) is 0 Å². The molecule has 0 aliphatic rings. The molecule has 1 N–H and O–H groups in total. The van der Waals surface area contributed by atoms with Crippen LogP contribution >= 0.6 is 11.6 Å². The number of halogens is 1. The predicted molar refractivity (Wildman–Crippen MR) is 59.5 cm³/mol. The number of anilines is 1. The van der Waals surface area contributed by atoms with E-state index in [1.54, 1.807) is 26.8 Å². The molecular formula is C10H13ClN2O2. The quantitative estimate of drug-likeness (QED) is 0.804. The molecule has 0 radical (unpaired) electrons. The lowest BCUT2D eigenvalue weighted by Gasteiger charge is -2.32. The van der Waals surface area contributed by atoms with Crippen molar-refractivity contribution in [2.75, 3.05) is 4.90 Å². The van der Waals surface area contributed by atoms with Gasteiger partial charge in [-0.2, -0.15) is 0 Å². The summed E-state index contributed by atoms with van der Waals surface area (Å²) in [5.74, 6) is 0.336. The second kappa shape index (κ2) is 4.06. The minimum atomic E-state index is -1.04. The summed E-state index contributed by atoms with van der Waals surface area (Å²) in [7, 11) is 0. The van der Waals surface area contributed by atoms with Gasteiger partial charge in [-0.1, -0.05) is 11.6 Å². The van der Waals surface area contributed by atoms with E-state index in [9.17, 15) is 4.79 Å². The SMILES string of the molecule is CC(C)(C)N(C(=O)O)c1cc(Cl)ccn1. The Morgan fingerprint density at radius 1 is 1.53 bits per heavy atom. The molecule has 1 aromatic rings. The highest BCUT2D eigenvalue weighted by atomic mass is 35.5. The smallest absolute Gasteiger partial charge is 0.413 e. The highest BCUT2D eigenvalue weighted by molar-refractivity contribution is 6.30. The summed E-state index contributed by atoms with van der Waals surface area (Å²) in [6, 6.07) is 3.13. The van der Waals surface area contributed by atoms with Crippen molar-refractivity contribution in [3.63, 3.8) is 0 Å². The first-order valence-corrected chi connectivity index (χ1v) is 4.85. The van der Waals surface area contributed by atoms with Crippen LogP contribution in [0.25, 0.3) is 0 Å². The zero-order valence-electron chi connectivity index (χ0n) is 8.86. The number of carbonyl (C=O) groups is 1. The van der Waals surface area contributed by atoms with Crippen LogP contribution in [-0.2, 0) is 0 Å². The van der Waals surface area contributed by atoms with E-state index >= 15 is 0 Å². The van der Waals surface area contributed by atoms with Gasteiger partial charge in [-0.3, -0.25) is 4.90 Å². The minimum Gasteiger partial charge on any atom is -0.465 e. The van der Waals surface area contributed by atoms with E-state index < -0.39 is 11.6 Å². The molecule has 1 heterocycles. The first kappa shape index (κ1) is 11.8. The van der Waals surface area contributed by atoms with Gasteiger partial charge in [0.2, 0.25) is 0 Å². The van der Waals surface area contributed by atoms with Gasteiger partial charge >= 0.3 is 6.09 Å². The van der Waals surface area contributed by atoms with E-state index in [1.807, 2.05) is 0 Å². The van der Waals surface area contributed by atoms with Crippen molar-refractivity contribution in [1.82, 2.24) is 4.98 Å². The Labute approximate surface area is 93.5 Å². The van der Waals surface area contributed by atoms with Crippen molar-refractivity contribution in [1.29, 1.82) is 0 Å². The molecule has 1 rings (SSSR count). The fourth-order valence-corrected chi connectivity index (χ4v) is 1.40. The number of aromatic nitrogens is 1. The molecule has 0 aromatic carbocycles. The molecule has 0 saturated heterocycles. The second-order valence-corrected chi connectivity index (χ2v) is 4.56. The lowest BCUT2D eigenvalue weighted by Crippen LogP contribution is -2.45. The summed E-state index contributed by atoms with van der Waals surface area (Å²) in [5.41, 5.74) is -0.552. The summed E-state index contributed by atoms with van der Waals surface area (Å²) < 4.78 is 0. The van der Waals surface area contributed by atoms with Crippen molar-refractivity contribution in [3.05, 3.63) is 23.4 Å². The fraction of sp³-hybridized carbons (Fsp3) is 0.400. The molecule has 15 heavy (non-hydrogen) atoms. The third-order valence-electron chi connectivity index (χ3n) is 1.80. The Morgan fingerprint density at radius 3 is 2.53 bits per heavy atom. The van der Waals surface area contributed by atoms with Crippen LogP contribution in [0, 0.1) is 0 Å². The molecule has 0 spiro atoms. The van der Waals surface area contributed by atoms with Crippen molar-refractivity contribution in [3.8, 4) is 0 Å². The van der Waals surface area contributed by atoms with Crippen molar-refractivity contribution in [2.24, 2.45) is 0 Å². The number of rotatable bonds is 1. The van der Waals surface area contributed by atoms with E-state index in [0.29, 0.717) is 10.8 Å². The van der Waals surface area contributed by atoms with E-state index in [1.165, 1.54) is 17.2 Å². The maximum Gasteiger partial charge on any atom is 0.413 e. The molecule has 0 fully saturated rings. The van der Waals surface area contributed by atoms with Crippen LogP contribution in [0.3, 0.4) is 0 Å². The van der Waals surface area contributed by atoms with E-state index in [2.05, 4.69) is 4.98 Å². The average molecular weight is 229 g/mol. The summed E-state index contributed by atoms with van der Waals surface area (Å²) in [6.45, 7) is 5.39. The average Bonchev–Trinajstić information content (AvgIpc) is 1.99. The van der Waals surface area contributed by atoms with Gasteiger partial charge in [0.05, 0.1) is 0 Å². The Hall–Kier alpha value is -1.29. The van der Waals surface area contributed by atoms with Crippen molar-refractivity contribution < 1.29 is 9.90 Å². The van der Waals surface area contributed by atoms with Gasteiger partial charge in [0.25, 0.3) is 0 Å². The van der Waals surface area contributed by atoms with Gasteiger partial charge in [0.15, 0.2) is 0 Å². The summed E-state index contributed by atoms with van der Waals surface area (Å²) in [5, 5.41) is 9.56. The fourth-order valence-electron chi connectivity index (χ4n) is 1.24. The lowest BCUT2D eigenvalue weighted by atomic mass is 10.1. The first-order valence-electron chi connectivity index (χ1n) is 4.47. The predicted octanol–water partition coefficient (Wildman–Crippen LogP) is 3.02. The lowest BCUT2D eigenvalue weighted by molar-refractivity contribution is 0.195. The molecule has 1 aromatic heterocycles. The van der Waals surface area contributed by atoms with Crippen LogP contribution in [-0.4, -0.2) is 21.7 Å². The molecule has 5 heteroatoms. The molecule has 0 aliphatic carbocycles. The summed E-state index contributed by atoms with van der Waals surface area (Å²) in [4.78, 5) is 16.3. The maximum atomic E-state index is 11.1.